The van der Waals surface area contributed by atoms with Gasteiger partial charge in [-0.05, 0) is 22.8 Å². The molecule has 4 heteroatoms. The second-order valence-electron chi connectivity index (χ2n) is 5.28. The van der Waals surface area contributed by atoms with Gasteiger partial charge in [0.05, 0.1) is 6.61 Å². The van der Waals surface area contributed by atoms with Crippen molar-refractivity contribution in [1.82, 2.24) is 0 Å². The number of ether oxygens (including phenoxy) is 2. The van der Waals surface area contributed by atoms with E-state index in [1.807, 2.05) is 24.3 Å². The highest BCUT2D eigenvalue weighted by Gasteiger charge is 2.15. The number of aromatic carboxylic acids is 1. The Morgan fingerprint density at radius 2 is 1.90 bits per heavy atom. The van der Waals surface area contributed by atoms with Crippen molar-refractivity contribution in [2.45, 2.75) is 13.8 Å². The number of hydrogen-bond donors (Lipinski definition) is 1. The minimum Gasteiger partial charge on any atom is -0.490 e. The Kier molecular flexibility index (Phi) is 5.17. The minimum absolute atomic E-state index is 0.206. The zero-order valence-corrected chi connectivity index (χ0v) is 12.3. The van der Waals surface area contributed by atoms with Crippen molar-refractivity contribution in [1.29, 1.82) is 0 Å². The molecule has 4 nitrogen and oxygen atoms in total. The third kappa shape index (κ3) is 3.95. The largest absolute Gasteiger partial charge is 0.490 e. The topological polar surface area (TPSA) is 55.8 Å². The molecule has 0 aliphatic rings. The number of hydrogen-bond acceptors (Lipinski definition) is 3. The zero-order valence-electron chi connectivity index (χ0n) is 12.3. The van der Waals surface area contributed by atoms with Crippen molar-refractivity contribution in [3.8, 4) is 5.75 Å². The van der Waals surface area contributed by atoms with Crippen LogP contribution in [0.2, 0.25) is 0 Å². The molecule has 2 aromatic rings. The number of fused-ring (bicyclic) bond motifs is 1. The molecule has 112 valence electrons. The average molecular weight is 288 g/mol. The first-order chi connectivity index (χ1) is 10.1. The van der Waals surface area contributed by atoms with Crippen LogP contribution < -0.4 is 4.74 Å². The van der Waals surface area contributed by atoms with Crippen LogP contribution in [0, 0.1) is 5.92 Å². The van der Waals surface area contributed by atoms with Gasteiger partial charge in [-0.2, -0.15) is 0 Å². The van der Waals surface area contributed by atoms with E-state index in [4.69, 9.17) is 9.47 Å². The monoisotopic (exact) mass is 288 g/mol. The number of carboxylic acid groups (broad SMARTS) is 1. The van der Waals surface area contributed by atoms with E-state index in [1.54, 1.807) is 12.1 Å². The summed E-state index contributed by atoms with van der Waals surface area (Å²) in [5, 5.41) is 11.0. The van der Waals surface area contributed by atoms with Gasteiger partial charge in [-0.3, -0.25) is 0 Å². The molecule has 0 bridgehead atoms. The van der Waals surface area contributed by atoms with Crippen LogP contribution in [0.15, 0.2) is 36.4 Å². The summed E-state index contributed by atoms with van der Waals surface area (Å²) >= 11 is 0. The lowest BCUT2D eigenvalue weighted by molar-refractivity contribution is 0.0680. The van der Waals surface area contributed by atoms with Crippen molar-refractivity contribution < 1.29 is 19.4 Å². The van der Waals surface area contributed by atoms with E-state index in [2.05, 4.69) is 13.8 Å². The molecule has 2 aromatic carbocycles. The van der Waals surface area contributed by atoms with Crippen LogP contribution in [0.5, 0.6) is 5.75 Å². The molecule has 0 amide bonds. The maximum absolute atomic E-state index is 11.5. The van der Waals surface area contributed by atoms with Gasteiger partial charge in [-0.25, -0.2) is 4.79 Å². The first-order valence-electron chi connectivity index (χ1n) is 7.05. The summed E-state index contributed by atoms with van der Waals surface area (Å²) < 4.78 is 11.0. The number of benzene rings is 2. The van der Waals surface area contributed by atoms with Crippen LogP contribution in [0.4, 0.5) is 0 Å². The number of rotatable bonds is 7. The predicted molar refractivity (Wildman–Crippen MR) is 82.1 cm³/mol. The Hall–Kier alpha value is -2.07. The molecule has 0 saturated heterocycles. The molecule has 21 heavy (non-hydrogen) atoms. The van der Waals surface area contributed by atoms with Crippen LogP contribution in [0.1, 0.15) is 24.2 Å². The van der Waals surface area contributed by atoms with E-state index in [-0.39, 0.29) is 5.56 Å². The Labute approximate surface area is 124 Å². The quantitative estimate of drug-likeness (QED) is 0.791. The molecule has 0 saturated carbocycles. The molecule has 0 aliphatic carbocycles. The summed E-state index contributed by atoms with van der Waals surface area (Å²) in [5.74, 6) is -0.125. The lowest BCUT2D eigenvalue weighted by Gasteiger charge is -2.12. The molecule has 0 radical (unpaired) electrons. The van der Waals surface area contributed by atoms with Gasteiger partial charge >= 0.3 is 5.97 Å². The number of carbonyl (C=O) groups is 1. The number of carboxylic acids is 1. The Bertz CT molecular complexity index is 619. The van der Waals surface area contributed by atoms with Crippen LogP contribution in [0.3, 0.4) is 0 Å². The summed E-state index contributed by atoms with van der Waals surface area (Å²) in [5.41, 5.74) is 0.206. The smallest absolute Gasteiger partial charge is 0.340 e. The first-order valence-corrected chi connectivity index (χ1v) is 7.05. The first kappa shape index (κ1) is 15.3. The van der Waals surface area contributed by atoms with Gasteiger partial charge < -0.3 is 14.6 Å². The van der Waals surface area contributed by atoms with E-state index in [0.29, 0.717) is 36.9 Å². The SMILES string of the molecule is CC(C)COCCOc1ccc2ccccc2c1C(=O)O. The van der Waals surface area contributed by atoms with E-state index in [9.17, 15) is 9.90 Å². The molecule has 0 fully saturated rings. The van der Waals surface area contributed by atoms with Crippen LogP contribution >= 0.6 is 0 Å². The Balaban J connectivity index is 2.12. The zero-order chi connectivity index (χ0) is 15.2. The fraction of sp³-hybridized carbons (Fsp3) is 0.353. The second kappa shape index (κ2) is 7.09. The van der Waals surface area contributed by atoms with Crippen molar-refractivity contribution >= 4 is 16.7 Å². The van der Waals surface area contributed by atoms with E-state index in [0.717, 1.165) is 5.39 Å². The highest BCUT2D eigenvalue weighted by molar-refractivity contribution is 6.06. The van der Waals surface area contributed by atoms with Crippen molar-refractivity contribution in [3.05, 3.63) is 42.0 Å². The summed E-state index contributed by atoms with van der Waals surface area (Å²) in [6.45, 7) is 5.61. The lowest BCUT2D eigenvalue weighted by Crippen LogP contribution is -2.12. The predicted octanol–water partition coefficient (Wildman–Crippen LogP) is 3.59. The highest BCUT2D eigenvalue weighted by Crippen LogP contribution is 2.28. The molecule has 0 atom stereocenters. The van der Waals surface area contributed by atoms with Gasteiger partial charge in [0.1, 0.15) is 17.9 Å². The molecule has 2 rings (SSSR count). The minimum atomic E-state index is -0.982. The molecule has 0 heterocycles. The molecule has 1 N–H and O–H groups in total. The van der Waals surface area contributed by atoms with Gasteiger partial charge in [-0.1, -0.05) is 44.2 Å². The third-order valence-electron chi connectivity index (χ3n) is 3.04. The molecule has 0 unspecified atom stereocenters. The highest BCUT2D eigenvalue weighted by atomic mass is 16.5. The van der Waals surface area contributed by atoms with Crippen molar-refractivity contribution in [2.75, 3.05) is 19.8 Å². The molecular formula is C17H20O4. The fourth-order valence-corrected chi connectivity index (χ4v) is 2.12. The van der Waals surface area contributed by atoms with Gasteiger partial charge in [-0.15, -0.1) is 0 Å². The second-order valence-corrected chi connectivity index (χ2v) is 5.28. The van der Waals surface area contributed by atoms with Crippen LogP contribution in [-0.2, 0) is 4.74 Å². The molecule has 0 aromatic heterocycles. The maximum Gasteiger partial charge on any atom is 0.340 e. The van der Waals surface area contributed by atoms with Crippen LogP contribution in [-0.4, -0.2) is 30.9 Å². The fourth-order valence-electron chi connectivity index (χ4n) is 2.12. The average Bonchev–Trinajstić information content (AvgIpc) is 2.45. The van der Waals surface area contributed by atoms with Gasteiger partial charge in [0, 0.05) is 6.61 Å². The lowest BCUT2D eigenvalue weighted by atomic mass is 10.0. The van der Waals surface area contributed by atoms with E-state index >= 15 is 0 Å². The molecule has 0 aliphatic heterocycles. The third-order valence-corrected chi connectivity index (χ3v) is 3.04. The summed E-state index contributed by atoms with van der Waals surface area (Å²) in [4.78, 5) is 11.5. The summed E-state index contributed by atoms with van der Waals surface area (Å²) in [6, 6.07) is 11.0. The Morgan fingerprint density at radius 1 is 1.14 bits per heavy atom. The van der Waals surface area contributed by atoms with Gasteiger partial charge in [0.25, 0.3) is 0 Å². The van der Waals surface area contributed by atoms with Gasteiger partial charge in [0.2, 0.25) is 0 Å². The van der Waals surface area contributed by atoms with E-state index in [1.165, 1.54) is 0 Å². The standard InChI is InChI=1S/C17H20O4/c1-12(2)11-20-9-10-21-15-8-7-13-5-3-4-6-14(13)16(15)17(18)19/h3-8,12H,9-11H2,1-2H3,(H,18,19). The molecule has 0 spiro atoms. The summed E-state index contributed by atoms with van der Waals surface area (Å²) in [7, 11) is 0. The van der Waals surface area contributed by atoms with Gasteiger partial charge in [0.15, 0.2) is 0 Å². The Morgan fingerprint density at radius 3 is 2.62 bits per heavy atom. The summed E-state index contributed by atoms with van der Waals surface area (Å²) in [6.07, 6.45) is 0. The van der Waals surface area contributed by atoms with Crippen molar-refractivity contribution in [2.24, 2.45) is 5.92 Å². The maximum atomic E-state index is 11.5. The molecular weight excluding hydrogens is 268 g/mol. The van der Waals surface area contributed by atoms with E-state index < -0.39 is 5.97 Å². The van der Waals surface area contributed by atoms with Crippen molar-refractivity contribution in [3.63, 3.8) is 0 Å². The normalized spacial score (nSPS) is 11.0. The van der Waals surface area contributed by atoms with Crippen LogP contribution in [0.25, 0.3) is 10.8 Å².